The molecule has 1 saturated heterocycles. The molecule has 8 heteroatoms. The number of carboxylic acid groups (broad SMARTS) is 1. The zero-order valence-electron chi connectivity index (χ0n) is 13.9. The number of ether oxygens (including phenoxy) is 2. The van der Waals surface area contributed by atoms with Crippen LogP contribution in [0.5, 0.6) is 11.5 Å². The Kier molecular flexibility index (Phi) is 4.78. The van der Waals surface area contributed by atoms with Gasteiger partial charge in [-0.2, -0.15) is 0 Å². The smallest absolute Gasteiger partial charge is 0.306 e. The first kappa shape index (κ1) is 17.1. The minimum Gasteiger partial charge on any atom is -0.481 e. The molecule has 2 amide bonds. The molecule has 0 bridgehead atoms. The van der Waals surface area contributed by atoms with Crippen molar-refractivity contribution in [1.82, 2.24) is 9.80 Å². The van der Waals surface area contributed by atoms with E-state index in [1.807, 2.05) is 0 Å². The number of likely N-dealkylation sites (N-methyl/N-ethyl adjacent to an activating group) is 1. The molecule has 0 saturated carbocycles. The first-order chi connectivity index (χ1) is 12.0. The maximum absolute atomic E-state index is 12.5. The summed E-state index contributed by atoms with van der Waals surface area (Å²) >= 11 is 0. The third kappa shape index (κ3) is 3.67. The van der Waals surface area contributed by atoms with E-state index in [-0.39, 0.29) is 25.2 Å². The number of hydrogen-bond donors (Lipinski definition) is 1. The number of benzene rings is 1. The summed E-state index contributed by atoms with van der Waals surface area (Å²) in [4.78, 5) is 38.8. The van der Waals surface area contributed by atoms with Crippen LogP contribution < -0.4 is 9.47 Å². The van der Waals surface area contributed by atoms with Crippen LogP contribution in [-0.2, 0) is 9.59 Å². The molecule has 1 fully saturated rings. The summed E-state index contributed by atoms with van der Waals surface area (Å²) in [5, 5.41) is 9.00. The molecule has 3 rings (SSSR count). The second kappa shape index (κ2) is 7.00. The average molecular weight is 348 g/mol. The standard InChI is InChI=1S/C17H20N2O6/c1-18(9-15(20)19-6-4-11(5-7-19)17(22)23)16(21)12-2-3-13-14(8-12)25-10-24-13/h2-3,8,11H,4-7,9-10H2,1H3,(H,22,23). The van der Waals surface area contributed by atoms with E-state index >= 15 is 0 Å². The molecule has 0 atom stereocenters. The molecule has 1 N–H and O–H groups in total. The van der Waals surface area contributed by atoms with Crippen molar-refractivity contribution < 1.29 is 29.0 Å². The topological polar surface area (TPSA) is 96.4 Å². The highest BCUT2D eigenvalue weighted by atomic mass is 16.7. The van der Waals surface area contributed by atoms with E-state index in [9.17, 15) is 14.4 Å². The summed E-state index contributed by atoms with van der Waals surface area (Å²) in [5.41, 5.74) is 0.420. The summed E-state index contributed by atoms with van der Waals surface area (Å²) in [6.07, 6.45) is 0.891. The molecular weight excluding hydrogens is 328 g/mol. The molecule has 25 heavy (non-hydrogen) atoms. The van der Waals surface area contributed by atoms with Gasteiger partial charge in [-0.15, -0.1) is 0 Å². The third-order valence-electron chi connectivity index (χ3n) is 4.54. The highest BCUT2D eigenvalue weighted by Crippen LogP contribution is 2.32. The van der Waals surface area contributed by atoms with Gasteiger partial charge in [0.05, 0.1) is 12.5 Å². The van der Waals surface area contributed by atoms with Gasteiger partial charge < -0.3 is 24.4 Å². The van der Waals surface area contributed by atoms with E-state index in [2.05, 4.69) is 0 Å². The van der Waals surface area contributed by atoms with Crippen LogP contribution in [0.15, 0.2) is 18.2 Å². The van der Waals surface area contributed by atoms with Gasteiger partial charge in [-0.25, -0.2) is 0 Å². The van der Waals surface area contributed by atoms with Crippen LogP contribution in [0, 0.1) is 5.92 Å². The van der Waals surface area contributed by atoms with Gasteiger partial charge in [-0.05, 0) is 31.0 Å². The van der Waals surface area contributed by atoms with Crippen molar-refractivity contribution in [2.45, 2.75) is 12.8 Å². The monoisotopic (exact) mass is 348 g/mol. The number of piperidine rings is 1. The highest BCUT2D eigenvalue weighted by molar-refractivity contribution is 5.97. The van der Waals surface area contributed by atoms with Gasteiger partial charge in [0, 0.05) is 25.7 Å². The van der Waals surface area contributed by atoms with Crippen LogP contribution in [-0.4, -0.2) is 66.2 Å². The molecule has 134 valence electrons. The van der Waals surface area contributed by atoms with Crippen LogP contribution in [0.1, 0.15) is 23.2 Å². The van der Waals surface area contributed by atoms with Crippen LogP contribution in [0.25, 0.3) is 0 Å². The van der Waals surface area contributed by atoms with Crippen molar-refractivity contribution in [3.63, 3.8) is 0 Å². The van der Waals surface area contributed by atoms with Gasteiger partial charge in [-0.3, -0.25) is 14.4 Å². The van der Waals surface area contributed by atoms with Gasteiger partial charge in [0.15, 0.2) is 11.5 Å². The number of hydrogen-bond acceptors (Lipinski definition) is 5. The lowest BCUT2D eigenvalue weighted by molar-refractivity contribution is -0.145. The number of carbonyl (C=O) groups is 3. The fourth-order valence-corrected chi connectivity index (χ4v) is 3.00. The number of rotatable bonds is 4. The Morgan fingerprint density at radius 2 is 1.88 bits per heavy atom. The molecule has 0 radical (unpaired) electrons. The second-order valence-corrected chi connectivity index (χ2v) is 6.22. The molecule has 8 nitrogen and oxygen atoms in total. The third-order valence-corrected chi connectivity index (χ3v) is 4.54. The highest BCUT2D eigenvalue weighted by Gasteiger charge is 2.28. The second-order valence-electron chi connectivity index (χ2n) is 6.22. The minimum absolute atomic E-state index is 0.0506. The normalized spacial score (nSPS) is 16.6. The number of carbonyl (C=O) groups excluding carboxylic acids is 2. The lowest BCUT2D eigenvalue weighted by Gasteiger charge is -2.31. The molecule has 0 aliphatic carbocycles. The van der Waals surface area contributed by atoms with E-state index in [1.165, 1.54) is 4.90 Å². The fraction of sp³-hybridized carbons (Fsp3) is 0.471. The van der Waals surface area contributed by atoms with E-state index in [0.717, 1.165) is 0 Å². The number of carboxylic acids is 1. The summed E-state index contributed by atoms with van der Waals surface area (Å²) in [5.74, 6) is -0.565. The number of nitrogens with zero attached hydrogens (tertiary/aromatic N) is 2. The van der Waals surface area contributed by atoms with Crippen molar-refractivity contribution >= 4 is 17.8 Å². The van der Waals surface area contributed by atoms with Crippen molar-refractivity contribution in [2.75, 3.05) is 33.5 Å². The maximum Gasteiger partial charge on any atom is 0.306 e. The lowest BCUT2D eigenvalue weighted by Crippen LogP contribution is -2.45. The zero-order chi connectivity index (χ0) is 18.0. The first-order valence-corrected chi connectivity index (χ1v) is 8.11. The van der Waals surface area contributed by atoms with Crippen molar-refractivity contribution in [2.24, 2.45) is 5.92 Å². The van der Waals surface area contributed by atoms with Crippen molar-refractivity contribution in [3.8, 4) is 11.5 Å². The van der Waals surface area contributed by atoms with Crippen LogP contribution in [0.2, 0.25) is 0 Å². The maximum atomic E-state index is 12.5. The number of fused-ring (bicyclic) bond motifs is 1. The molecule has 2 aliphatic rings. The van der Waals surface area contributed by atoms with Crippen molar-refractivity contribution in [1.29, 1.82) is 0 Å². The number of aliphatic carboxylic acids is 1. The molecular formula is C17H20N2O6. The van der Waals surface area contributed by atoms with Gasteiger partial charge in [-0.1, -0.05) is 0 Å². The summed E-state index contributed by atoms with van der Waals surface area (Å²) < 4.78 is 10.5. The van der Waals surface area contributed by atoms with E-state index in [0.29, 0.717) is 43.0 Å². The first-order valence-electron chi connectivity index (χ1n) is 8.11. The summed E-state index contributed by atoms with van der Waals surface area (Å²) in [6.45, 7) is 0.891. The number of amides is 2. The molecule has 1 aromatic carbocycles. The Bertz CT molecular complexity index is 696. The Labute approximate surface area is 144 Å². The van der Waals surface area contributed by atoms with Crippen LogP contribution in [0.3, 0.4) is 0 Å². The van der Waals surface area contributed by atoms with E-state index < -0.39 is 11.9 Å². The quantitative estimate of drug-likeness (QED) is 0.865. The van der Waals surface area contributed by atoms with Gasteiger partial charge in [0.2, 0.25) is 12.7 Å². The van der Waals surface area contributed by atoms with E-state index in [1.54, 1.807) is 30.1 Å². The predicted molar refractivity (Wildman–Crippen MR) is 86.5 cm³/mol. The SMILES string of the molecule is CN(CC(=O)N1CCC(C(=O)O)CC1)C(=O)c1ccc2c(c1)OCO2. The Balaban J connectivity index is 1.56. The Morgan fingerprint density at radius 3 is 2.56 bits per heavy atom. The lowest BCUT2D eigenvalue weighted by atomic mass is 9.97. The fourth-order valence-electron chi connectivity index (χ4n) is 3.00. The van der Waals surface area contributed by atoms with Gasteiger partial charge in [0.25, 0.3) is 5.91 Å². The van der Waals surface area contributed by atoms with Crippen LogP contribution >= 0.6 is 0 Å². The molecule has 0 unspecified atom stereocenters. The Hall–Kier alpha value is -2.77. The zero-order valence-corrected chi connectivity index (χ0v) is 13.9. The molecule has 1 aromatic rings. The summed E-state index contributed by atoms with van der Waals surface area (Å²) in [7, 11) is 1.56. The van der Waals surface area contributed by atoms with E-state index in [4.69, 9.17) is 14.6 Å². The predicted octanol–water partition coefficient (Wildman–Crippen LogP) is 0.810. The number of likely N-dealkylation sites (tertiary alicyclic amines) is 1. The minimum atomic E-state index is -0.817. The molecule has 2 aliphatic heterocycles. The van der Waals surface area contributed by atoms with Crippen LogP contribution in [0.4, 0.5) is 0 Å². The summed E-state index contributed by atoms with van der Waals surface area (Å²) in [6, 6.07) is 4.90. The average Bonchev–Trinajstić information content (AvgIpc) is 3.08. The molecule has 0 spiro atoms. The molecule has 0 aromatic heterocycles. The van der Waals surface area contributed by atoms with Gasteiger partial charge in [0.1, 0.15) is 0 Å². The van der Waals surface area contributed by atoms with Crippen molar-refractivity contribution in [3.05, 3.63) is 23.8 Å². The largest absolute Gasteiger partial charge is 0.481 e. The Morgan fingerprint density at radius 1 is 1.20 bits per heavy atom. The molecule has 2 heterocycles. The van der Waals surface area contributed by atoms with Gasteiger partial charge >= 0.3 is 5.97 Å².